The predicted octanol–water partition coefficient (Wildman–Crippen LogP) is 4.93. The molecular formula is C25H28N2O3S. The fraction of sp³-hybridized carbons (Fsp3) is 0.240. The molecule has 0 heterocycles. The van der Waals surface area contributed by atoms with Crippen LogP contribution in [0.5, 0.6) is 0 Å². The van der Waals surface area contributed by atoms with E-state index in [1.807, 2.05) is 52.0 Å². The molecule has 0 fully saturated rings. The second kappa shape index (κ2) is 8.94. The minimum Gasteiger partial charge on any atom is -0.346 e. The van der Waals surface area contributed by atoms with Crippen molar-refractivity contribution >= 4 is 21.6 Å². The highest BCUT2D eigenvalue weighted by Gasteiger charge is 2.23. The molecule has 0 radical (unpaired) electrons. The molecule has 0 aliphatic rings. The molecule has 3 aromatic rings. The Labute approximate surface area is 184 Å². The van der Waals surface area contributed by atoms with Gasteiger partial charge in [-0.05, 0) is 69.2 Å². The van der Waals surface area contributed by atoms with E-state index in [0.29, 0.717) is 11.3 Å². The maximum absolute atomic E-state index is 13.1. The summed E-state index contributed by atoms with van der Waals surface area (Å²) in [5.74, 6) is -0.317. The smallest absolute Gasteiger partial charge is 0.264 e. The highest BCUT2D eigenvalue weighted by atomic mass is 32.2. The van der Waals surface area contributed by atoms with Gasteiger partial charge in [0.15, 0.2) is 0 Å². The number of anilines is 1. The van der Waals surface area contributed by atoms with Crippen molar-refractivity contribution in [2.75, 3.05) is 11.4 Å². The van der Waals surface area contributed by atoms with Gasteiger partial charge in [-0.25, -0.2) is 8.42 Å². The lowest BCUT2D eigenvalue weighted by atomic mass is 10.00. The predicted molar refractivity (Wildman–Crippen MR) is 125 cm³/mol. The molecule has 0 unspecified atom stereocenters. The fourth-order valence-corrected chi connectivity index (χ4v) is 4.76. The lowest BCUT2D eigenvalue weighted by molar-refractivity contribution is 0.0939. The van der Waals surface area contributed by atoms with Crippen LogP contribution >= 0.6 is 0 Å². The monoisotopic (exact) mass is 436 g/mol. The molecule has 162 valence electrons. The molecule has 3 aromatic carbocycles. The third-order valence-electron chi connectivity index (χ3n) is 5.39. The molecule has 3 rings (SSSR count). The average Bonchev–Trinajstić information content (AvgIpc) is 2.73. The summed E-state index contributed by atoms with van der Waals surface area (Å²) >= 11 is 0. The van der Waals surface area contributed by atoms with Crippen LogP contribution in [0.25, 0.3) is 0 Å². The van der Waals surface area contributed by atoms with Gasteiger partial charge in [-0.15, -0.1) is 0 Å². The van der Waals surface area contributed by atoms with Crippen LogP contribution in [-0.4, -0.2) is 21.4 Å². The Morgan fingerprint density at radius 1 is 0.903 bits per heavy atom. The highest BCUT2D eigenvalue weighted by Crippen LogP contribution is 2.24. The summed E-state index contributed by atoms with van der Waals surface area (Å²) in [7, 11) is -2.29. The Bertz CT molecular complexity index is 1200. The van der Waals surface area contributed by atoms with E-state index < -0.39 is 10.0 Å². The standard InChI is InChI=1S/C25H28N2O3S/c1-17-9-12-22(13-10-17)27(5)31(29,30)23-8-6-7-21(16-23)25(28)26-20(4)24-14-11-18(2)15-19(24)3/h6-16,20H,1-5H3,(H,26,28)/t20-/m1/s1. The zero-order valence-corrected chi connectivity index (χ0v) is 19.3. The van der Waals surface area contributed by atoms with Crippen molar-refractivity contribution < 1.29 is 13.2 Å². The SMILES string of the molecule is Cc1ccc(N(C)S(=O)(=O)c2cccc(C(=O)N[C@H](C)c3ccc(C)cc3C)c2)cc1. The van der Waals surface area contributed by atoms with Crippen molar-refractivity contribution in [2.45, 2.75) is 38.6 Å². The number of hydrogen-bond donors (Lipinski definition) is 1. The van der Waals surface area contributed by atoms with Crippen molar-refractivity contribution in [1.29, 1.82) is 0 Å². The Kier molecular flexibility index (Phi) is 6.51. The first kappa shape index (κ1) is 22.6. The maximum Gasteiger partial charge on any atom is 0.264 e. The van der Waals surface area contributed by atoms with Gasteiger partial charge in [0.05, 0.1) is 16.6 Å². The number of benzene rings is 3. The molecule has 5 nitrogen and oxygen atoms in total. The second-order valence-electron chi connectivity index (χ2n) is 7.89. The number of carbonyl (C=O) groups excluding carboxylic acids is 1. The van der Waals surface area contributed by atoms with E-state index in [1.54, 1.807) is 24.3 Å². The summed E-state index contributed by atoms with van der Waals surface area (Å²) in [4.78, 5) is 12.9. The van der Waals surface area contributed by atoms with Gasteiger partial charge in [-0.2, -0.15) is 0 Å². The van der Waals surface area contributed by atoms with Crippen LogP contribution in [0.4, 0.5) is 5.69 Å². The first-order chi connectivity index (χ1) is 14.6. The molecule has 1 atom stereocenters. The van der Waals surface area contributed by atoms with Gasteiger partial charge < -0.3 is 5.32 Å². The summed E-state index contributed by atoms with van der Waals surface area (Å²) in [6.45, 7) is 7.90. The van der Waals surface area contributed by atoms with Gasteiger partial charge >= 0.3 is 0 Å². The number of carbonyl (C=O) groups is 1. The van der Waals surface area contributed by atoms with Crippen LogP contribution in [0, 0.1) is 20.8 Å². The molecule has 0 aromatic heterocycles. The number of rotatable bonds is 6. The van der Waals surface area contributed by atoms with E-state index in [9.17, 15) is 13.2 Å². The summed E-state index contributed by atoms with van der Waals surface area (Å²) in [6.07, 6.45) is 0. The van der Waals surface area contributed by atoms with Gasteiger partial charge in [-0.3, -0.25) is 9.10 Å². The molecule has 6 heteroatoms. The van der Waals surface area contributed by atoms with E-state index in [1.165, 1.54) is 23.5 Å². The Morgan fingerprint density at radius 3 is 2.19 bits per heavy atom. The summed E-state index contributed by atoms with van der Waals surface area (Å²) in [6, 6.07) is 19.3. The maximum atomic E-state index is 13.1. The first-order valence-electron chi connectivity index (χ1n) is 10.1. The molecule has 0 aliphatic carbocycles. The Balaban J connectivity index is 1.83. The third kappa shape index (κ3) is 4.97. The normalized spacial score (nSPS) is 12.3. The average molecular weight is 437 g/mol. The van der Waals surface area contributed by atoms with Crippen LogP contribution < -0.4 is 9.62 Å². The largest absolute Gasteiger partial charge is 0.346 e. The van der Waals surface area contributed by atoms with Crippen LogP contribution in [0.2, 0.25) is 0 Å². The van der Waals surface area contributed by atoms with Gasteiger partial charge in [0.1, 0.15) is 0 Å². The second-order valence-corrected chi connectivity index (χ2v) is 9.86. The quantitative estimate of drug-likeness (QED) is 0.596. The molecule has 1 N–H and O–H groups in total. The third-order valence-corrected chi connectivity index (χ3v) is 7.17. The van der Waals surface area contributed by atoms with Crippen molar-refractivity contribution in [3.63, 3.8) is 0 Å². The number of nitrogens with one attached hydrogen (secondary N) is 1. The molecule has 31 heavy (non-hydrogen) atoms. The molecule has 1 amide bonds. The van der Waals surface area contributed by atoms with Crippen molar-refractivity contribution in [3.05, 3.63) is 94.5 Å². The number of amides is 1. The van der Waals surface area contributed by atoms with Crippen LogP contribution in [0.3, 0.4) is 0 Å². The van der Waals surface area contributed by atoms with Crippen LogP contribution in [0.1, 0.15) is 45.6 Å². The first-order valence-corrected chi connectivity index (χ1v) is 11.6. The van der Waals surface area contributed by atoms with E-state index in [4.69, 9.17) is 0 Å². The van der Waals surface area contributed by atoms with Gasteiger partial charge in [0.2, 0.25) is 0 Å². The highest BCUT2D eigenvalue weighted by molar-refractivity contribution is 7.92. The Hall–Kier alpha value is -3.12. The van der Waals surface area contributed by atoms with Crippen molar-refractivity contribution in [1.82, 2.24) is 5.32 Å². The zero-order chi connectivity index (χ0) is 22.8. The number of nitrogens with zero attached hydrogens (tertiary/aromatic N) is 1. The lowest BCUT2D eigenvalue weighted by Crippen LogP contribution is -2.29. The van der Waals surface area contributed by atoms with Crippen LogP contribution in [-0.2, 0) is 10.0 Å². The molecule has 0 saturated heterocycles. The van der Waals surface area contributed by atoms with Gasteiger partial charge in [0.25, 0.3) is 15.9 Å². The number of sulfonamides is 1. The summed E-state index contributed by atoms with van der Waals surface area (Å²) < 4.78 is 27.4. The van der Waals surface area contributed by atoms with Crippen molar-refractivity contribution in [2.24, 2.45) is 0 Å². The topological polar surface area (TPSA) is 66.5 Å². The number of hydrogen-bond acceptors (Lipinski definition) is 3. The summed E-state index contributed by atoms with van der Waals surface area (Å²) in [5.41, 5.74) is 5.20. The summed E-state index contributed by atoms with van der Waals surface area (Å²) in [5, 5.41) is 2.97. The fourth-order valence-electron chi connectivity index (χ4n) is 3.52. The minimum absolute atomic E-state index is 0.0717. The Morgan fingerprint density at radius 2 is 1.55 bits per heavy atom. The van der Waals surface area contributed by atoms with E-state index in [2.05, 4.69) is 11.4 Å². The van der Waals surface area contributed by atoms with Crippen molar-refractivity contribution in [3.8, 4) is 0 Å². The molecular weight excluding hydrogens is 408 g/mol. The molecule has 0 spiro atoms. The molecule has 0 aliphatic heterocycles. The van der Waals surface area contributed by atoms with E-state index in [0.717, 1.165) is 22.3 Å². The van der Waals surface area contributed by atoms with Gasteiger partial charge in [-0.1, -0.05) is 47.5 Å². The van der Waals surface area contributed by atoms with Gasteiger partial charge in [0, 0.05) is 12.6 Å². The molecule has 0 saturated carbocycles. The van der Waals surface area contributed by atoms with E-state index in [-0.39, 0.29) is 16.8 Å². The molecule has 0 bridgehead atoms. The van der Waals surface area contributed by atoms with E-state index >= 15 is 0 Å². The number of aryl methyl sites for hydroxylation is 3. The zero-order valence-electron chi connectivity index (χ0n) is 18.5. The minimum atomic E-state index is -3.80. The lowest BCUT2D eigenvalue weighted by Gasteiger charge is -2.20. The van der Waals surface area contributed by atoms with Crippen LogP contribution in [0.15, 0.2) is 71.6 Å².